The van der Waals surface area contributed by atoms with Crippen LogP contribution in [0.3, 0.4) is 0 Å². The lowest BCUT2D eigenvalue weighted by Gasteiger charge is -2.22. The Labute approximate surface area is 158 Å². The van der Waals surface area contributed by atoms with Gasteiger partial charge in [0.1, 0.15) is 0 Å². The average molecular weight is 365 g/mol. The molecular weight excluding hydrogens is 340 g/mol. The van der Waals surface area contributed by atoms with Gasteiger partial charge in [0.2, 0.25) is 5.56 Å². The molecule has 2 N–H and O–H groups in total. The normalized spacial score (nSPS) is 15.4. The van der Waals surface area contributed by atoms with Crippen LogP contribution in [0.2, 0.25) is 0 Å². The molecule has 0 saturated carbocycles. The molecule has 0 amide bonds. The fraction of sp³-hybridized carbons (Fsp3) is 0.318. The number of piperidine rings is 1. The number of aromatic nitrogens is 1. The number of thioether (sulfide) groups is 1. The standard InChI is InChI=1S/C22H24N2OS/c1-15-2-4-17(5-3-15)18-6-7-19-20(12-18)24-22(25)13-21(19)26-14-16-8-10-23-11-9-16/h2-7,12-13,16,23H,8-11,14H2,1H3,(H,24,25). The predicted octanol–water partition coefficient (Wildman–Crippen LogP) is 4.60. The first-order valence-electron chi connectivity index (χ1n) is 9.27. The van der Waals surface area contributed by atoms with Crippen molar-refractivity contribution >= 4 is 22.7 Å². The van der Waals surface area contributed by atoms with Crippen molar-refractivity contribution in [2.45, 2.75) is 24.7 Å². The molecule has 3 aromatic rings. The summed E-state index contributed by atoms with van der Waals surface area (Å²) in [6.45, 7) is 4.32. The fourth-order valence-corrected chi connectivity index (χ4v) is 4.80. The second kappa shape index (κ2) is 7.68. The van der Waals surface area contributed by atoms with E-state index in [1.165, 1.54) is 24.0 Å². The largest absolute Gasteiger partial charge is 0.322 e. The van der Waals surface area contributed by atoms with E-state index in [4.69, 9.17) is 0 Å². The number of hydrogen-bond donors (Lipinski definition) is 2. The van der Waals surface area contributed by atoms with Crippen LogP contribution < -0.4 is 10.9 Å². The van der Waals surface area contributed by atoms with Gasteiger partial charge in [-0.15, -0.1) is 11.8 Å². The average Bonchev–Trinajstić information content (AvgIpc) is 2.67. The Balaban J connectivity index is 1.64. The molecule has 1 aliphatic rings. The van der Waals surface area contributed by atoms with E-state index in [1.54, 1.807) is 6.07 Å². The molecule has 0 unspecified atom stereocenters. The van der Waals surface area contributed by atoms with Crippen molar-refractivity contribution in [3.63, 3.8) is 0 Å². The SMILES string of the molecule is Cc1ccc(-c2ccc3c(SCC4CCNCC4)cc(=O)[nH]c3c2)cc1. The maximum Gasteiger partial charge on any atom is 0.249 e. The van der Waals surface area contributed by atoms with Crippen LogP contribution in [-0.4, -0.2) is 23.8 Å². The third-order valence-corrected chi connectivity index (χ3v) is 6.41. The fourth-order valence-electron chi connectivity index (χ4n) is 3.53. The molecule has 2 aromatic carbocycles. The smallest absolute Gasteiger partial charge is 0.249 e. The van der Waals surface area contributed by atoms with Crippen molar-refractivity contribution in [2.24, 2.45) is 5.92 Å². The summed E-state index contributed by atoms with van der Waals surface area (Å²) >= 11 is 1.83. The second-order valence-electron chi connectivity index (χ2n) is 7.13. The molecular formula is C22H24N2OS. The summed E-state index contributed by atoms with van der Waals surface area (Å²) in [7, 11) is 0. The molecule has 1 saturated heterocycles. The zero-order chi connectivity index (χ0) is 17.9. The van der Waals surface area contributed by atoms with E-state index in [0.29, 0.717) is 0 Å². The summed E-state index contributed by atoms with van der Waals surface area (Å²) in [4.78, 5) is 16.3. The molecule has 3 nitrogen and oxygen atoms in total. The minimum absolute atomic E-state index is 0.0219. The van der Waals surface area contributed by atoms with Crippen LogP contribution in [0.4, 0.5) is 0 Å². The van der Waals surface area contributed by atoms with Crippen molar-refractivity contribution in [3.8, 4) is 11.1 Å². The Morgan fingerprint density at radius 1 is 1.00 bits per heavy atom. The molecule has 1 fully saturated rings. The predicted molar refractivity (Wildman–Crippen MR) is 111 cm³/mol. The van der Waals surface area contributed by atoms with Gasteiger partial charge in [-0.3, -0.25) is 4.79 Å². The van der Waals surface area contributed by atoms with Gasteiger partial charge in [0.05, 0.1) is 0 Å². The highest BCUT2D eigenvalue weighted by Crippen LogP contribution is 2.31. The number of H-pyrrole nitrogens is 1. The van der Waals surface area contributed by atoms with Crippen molar-refractivity contribution in [1.82, 2.24) is 10.3 Å². The summed E-state index contributed by atoms with van der Waals surface area (Å²) in [6, 6.07) is 16.6. The maximum absolute atomic E-state index is 12.2. The highest BCUT2D eigenvalue weighted by molar-refractivity contribution is 7.99. The zero-order valence-corrected chi connectivity index (χ0v) is 15.9. The van der Waals surface area contributed by atoms with Crippen LogP contribution in [0.25, 0.3) is 22.0 Å². The quantitative estimate of drug-likeness (QED) is 0.665. The van der Waals surface area contributed by atoms with Crippen LogP contribution in [-0.2, 0) is 0 Å². The number of hydrogen-bond acceptors (Lipinski definition) is 3. The summed E-state index contributed by atoms with van der Waals surface area (Å²) in [5, 5.41) is 4.55. The Bertz CT molecular complexity index is 956. The first-order valence-corrected chi connectivity index (χ1v) is 10.3. The van der Waals surface area contributed by atoms with Gasteiger partial charge in [-0.1, -0.05) is 42.0 Å². The minimum atomic E-state index is -0.0219. The topological polar surface area (TPSA) is 44.9 Å². The van der Waals surface area contributed by atoms with Gasteiger partial charge in [-0.2, -0.15) is 0 Å². The number of pyridine rings is 1. The van der Waals surface area contributed by atoms with Gasteiger partial charge in [-0.05, 0) is 56.0 Å². The Morgan fingerprint density at radius 3 is 2.50 bits per heavy atom. The number of aromatic amines is 1. The first-order chi connectivity index (χ1) is 12.7. The monoisotopic (exact) mass is 364 g/mol. The Kier molecular flexibility index (Phi) is 5.14. The van der Waals surface area contributed by atoms with Gasteiger partial charge in [0.25, 0.3) is 0 Å². The van der Waals surface area contributed by atoms with Crippen LogP contribution in [0.15, 0.2) is 58.2 Å². The maximum atomic E-state index is 12.2. The van der Waals surface area contributed by atoms with Crippen molar-refractivity contribution in [1.29, 1.82) is 0 Å². The summed E-state index contributed by atoms with van der Waals surface area (Å²) in [5.41, 5.74) is 4.45. The van der Waals surface area contributed by atoms with E-state index >= 15 is 0 Å². The summed E-state index contributed by atoms with van der Waals surface area (Å²) < 4.78 is 0. The molecule has 0 bridgehead atoms. The Hall–Kier alpha value is -2.04. The Morgan fingerprint density at radius 2 is 1.73 bits per heavy atom. The summed E-state index contributed by atoms with van der Waals surface area (Å²) in [5.74, 6) is 1.82. The van der Waals surface area contributed by atoms with E-state index in [1.807, 2.05) is 11.8 Å². The van der Waals surface area contributed by atoms with Crippen molar-refractivity contribution in [3.05, 3.63) is 64.4 Å². The van der Waals surface area contributed by atoms with Gasteiger partial charge in [0.15, 0.2) is 0 Å². The number of benzene rings is 2. The zero-order valence-electron chi connectivity index (χ0n) is 15.0. The molecule has 2 heterocycles. The van der Waals surface area contributed by atoms with Crippen molar-refractivity contribution < 1.29 is 0 Å². The van der Waals surface area contributed by atoms with Gasteiger partial charge >= 0.3 is 0 Å². The molecule has 0 spiro atoms. The molecule has 0 radical (unpaired) electrons. The van der Waals surface area contributed by atoms with Crippen LogP contribution in [0, 0.1) is 12.8 Å². The first kappa shape index (κ1) is 17.4. The second-order valence-corrected chi connectivity index (χ2v) is 8.19. The highest BCUT2D eigenvalue weighted by atomic mass is 32.2. The molecule has 0 aliphatic carbocycles. The van der Waals surface area contributed by atoms with E-state index in [-0.39, 0.29) is 5.56 Å². The van der Waals surface area contributed by atoms with E-state index < -0.39 is 0 Å². The highest BCUT2D eigenvalue weighted by Gasteiger charge is 2.14. The van der Waals surface area contributed by atoms with Crippen LogP contribution in [0.5, 0.6) is 0 Å². The number of rotatable bonds is 4. The van der Waals surface area contributed by atoms with Crippen LogP contribution >= 0.6 is 11.8 Å². The lowest BCUT2D eigenvalue weighted by atomic mass is 10.0. The summed E-state index contributed by atoms with van der Waals surface area (Å²) in [6.07, 6.45) is 2.46. The van der Waals surface area contributed by atoms with Crippen LogP contribution in [0.1, 0.15) is 18.4 Å². The number of aryl methyl sites for hydroxylation is 1. The molecule has 134 valence electrons. The lowest BCUT2D eigenvalue weighted by Crippen LogP contribution is -2.28. The van der Waals surface area contributed by atoms with E-state index in [0.717, 1.165) is 46.1 Å². The minimum Gasteiger partial charge on any atom is -0.322 e. The molecule has 4 heteroatoms. The molecule has 4 rings (SSSR count). The van der Waals surface area contributed by atoms with E-state index in [9.17, 15) is 4.79 Å². The number of fused-ring (bicyclic) bond motifs is 1. The number of nitrogens with one attached hydrogen (secondary N) is 2. The lowest BCUT2D eigenvalue weighted by molar-refractivity contribution is 0.408. The third kappa shape index (κ3) is 3.87. The molecule has 0 atom stereocenters. The van der Waals surface area contributed by atoms with Gasteiger partial charge in [-0.25, -0.2) is 0 Å². The van der Waals surface area contributed by atoms with Gasteiger partial charge < -0.3 is 10.3 Å². The van der Waals surface area contributed by atoms with E-state index in [2.05, 4.69) is 59.7 Å². The van der Waals surface area contributed by atoms with Crippen molar-refractivity contribution in [2.75, 3.05) is 18.8 Å². The van der Waals surface area contributed by atoms with Gasteiger partial charge in [0, 0.05) is 27.6 Å². The molecule has 1 aromatic heterocycles. The molecule has 26 heavy (non-hydrogen) atoms. The molecule has 1 aliphatic heterocycles. The third-order valence-electron chi connectivity index (χ3n) is 5.12.